The van der Waals surface area contributed by atoms with Crippen molar-refractivity contribution in [2.24, 2.45) is 10.9 Å². The van der Waals surface area contributed by atoms with Gasteiger partial charge in [-0.05, 0) is 60.9 Å². The standard InChI is InChI=1S/C26H21ClFN5O5/c27-17-3-1-15(2-4-17)14-32-24(31-25(36)33(26(32)37)20-11-16(12-20)23(34)35)30-19-6-8-21(9-7-19)38-22-10-5-18(28)13-29-22/h1-10,13,16,20H,11-12,14H2,(H,34,35)(H,30,31,36)/t16-,20-. The van der Waals surface area contributed by atoms with E-state index in [-0.39, 0.29) is 30.9 Å². The first-order chi connectivity index (χ1) is 18.3. The molecule has 0 unspecified atom stereocenters. The minimum absolute atomic E-state index is 0.0224. The zero-order valence-electron chi connectivity index (χ0n) is 19.8. The van der Waals surface area contributed by atoms with Gasteiger partial charge < -0.3 is 9.84 Å². The summed E-state index contributed by atoms with van der Waals surface area (Å²) in [6.07, 6.45) is 1.43. The average Bonchev–Trinajstić information content (AvgIpc) is 2.86. The van der Waals surface area contributed by atoms with Crippen molar-refractivity contribution in [1.29, 1.82) is 0 Å². The molecular weight excluding hydrogens is 517 g/mol. The van der Waals surface area contributed by atoms with Gasteiger partial charge in [-0.1, -0.05) is 23.7 Å². The quantitative estimate of drug-likeness (QED) is 0.370. The van der Waals surface area contributed by atoms with E-state index in [1.807, 2.05) is 0 Å². The molecular formula is C26H21ClFN5O5. The fraction of sp³-hybridized carbons (Fsp3) is 0.192. The second kappa shape index (κ2) is 10.5. The van der Waals surface area contributed by atoms with Crippen LogP contribution in [0.4, 0.5) is 10.1 Å². The van der Waals surface area contributed by atoms with Crippen molar-refractivity contribution >= 4 is 23.3 Å². The summed E-state index contributed by atoms with van der Waals surface area (Å²) < 4.78 is 21.0. The van der Waals surface area contributed by atoms with Crippen LogP contribution in [0.3, 0.4) is 0 Å². The minimum Gasteiger partial charge on any atom is -0.481 e. The average molecular weight is 538 g/mol. The molecule has 2 aromatic carbocycles. The molecule has 2 heterocycles. The number of ether oxygens (including phenoxy) is 1. The van der Waals surface area contributed by atoms with Crippen molar-refractivity contribution in [3.05, 3.63) is 110 Å². The van der Waals surface area contributed by atoms with Crippen molar-refractivity contribution in [3.63, 3.8) is 0 Å². The predicted molar refractivity (Wildman–Crippen MR) is 135 cm³/mol. The third-order valence-electron chi connectivity index (χ3n) is 6.21. The van der Waals surface area contributed by atoms with Gasteiger partial charge in [-0.15, -0.1) is 0 Å². The largest absolute Gasteiger partial charge is 0.481 e. The molecule has 38 heavy (non-hydrogen) atoms. The Morgan fingerprint density at radius 1 is 1.11 bits per heavy atom. The molecule has 1 aliphatic rings. The van der Waals surface area contributed by atoms with Crippen molar-refractivity contribution in [2.45, 2.75) is 25.4 Å². The van der Waals surface area contributed by atoms with E-state index in [2.05, 4.69) is 15.0 Å². The van der Waals surface area contributed by atoms with Crippen LogP contribution in [0.15, 0.2) is 81.4 Å². The van der Waals surface area contributed by atoms with E-state index in [0.717, 1.165) is 16.3 Å². The van der Waals surface area contributed by atoms with E-state index >= 15 is 0 Å². The number of nitrogens with one attached hydrogen (secondary N) is 1. The number of H-pyrrole nitrogens is 1. The molecule has 0 aliphatic heterocycles. The molecule has 1 fully saturated rings. The Labute approximate surface area is 219 Å². The Hall–Kier alpha value is -4.51. The zero-order valence-corrected chi connectivity index (χ0v) is 20.5. The molecule has 0 atom stereocenters. The highest BCUT2D eigenvalue weighted by Gasteiger charge is 2.37. The number of aromatic amines is 1. The summed E-state index contributed by atoms with van der Waals surface area (Å²) in [5.74, 6) is -1.38. The van der Waals surface area contributed by atoms with Crippen LogP contribution >= 0.6 is 11.6 Å². The molecule has 4 aromatic rings. The lowest BCUT2D eigenvalue weighted by molar-refractivity contribution is -0.146. The monoisotopic (exact) mass is 537 g/mol. The first-order valence-electron chi connectivity index (χ1n) is 11.6. The van der Waals surface area contributed by atoms with Gasteiger partial charge in [0.15, 0.2) is 0 Å². The maximum Gasteiger partial charge on any atom is 0.335 e. The topological polar surface area (TPSA) is 132 Å². The third kappa shape index (κ3) is 5.42. The van der Waals surface area contributed by atoms with Gasteiger partial charge in [0.25, 0.3) is 0 Å². The number of aromatic nitrogens is 4. The fourth-order valence-electron chi connectivity index (χ4n) is 4.11. The zero-order chi connectivity index (χ0) is 26.8. The molecule has 2 aromatic heterocycles. The normalized spacial score (nSPS) is 17.2. The molecule has 5 rings (SSSR count). The minimum atomic E-state index is -0.950. The molecule has 2 N–H and O–H groups in total. The number of carboxylic acids is 1. The van der Waals surface area contributed by atoms with E-state index in [1.54, 1.807) is 48.5 Å². The number of aliphatic carboxylic acids is 1. The van der Waals surface area contributed by atoms with Crippen LogP contribution in [-0.2, 0) is 11.3 Å². The van der Waals surface area contributed by atoms with Gasteiger partial charge in [-0.25, -0.2) is 28.5 Å². The number of carbonyl (C=O) groups is 1. The second-order valence-corrected chi connectivity index (χ2v) is 9.24. The van der Waals surface area contributed by atoms with E-state index in [4.69, 9.17) is 16.3 Å². The third-order valence-corrected chi connectivity index (χ3v) is 6.46. The lowest BCUT2D eigenvalue weighted by Crippen LogP contribution is -2.53. The molecule has 12 heteroatoms. The molecule has 0 radical (unpaired) electrons. The molecule has 10 nitrogen and oxygen atoms in total. The van der Waals surface area contributed by atoms with Crippen molar-refractivity contribution in [1.82, 2.24) is 19.1 Å². The summed E-state index contributed by atoms with van der Waals surface area (Å²) in [5.41, 5.74) is -0.0686. The summed E-state index contributed by atoms with van der Waals surface area (Å²) in [4.78, 5) is 48.6. The first-order valence-corrected chi connectivity index (χ1v) is 12.0. The molecule has 194 valence electrons. The van der Waals surface area contributed by atoms with Gasteiger partial charge in [0.05, 0.1) is 24.3 Å². The number of nitrogens with zero attached hydrogens (tertiary/aromatic N) is 4. The lowest BCUT2D eigenvalue weighted by atomic mass is 9.80. The number of rotatable bonds is 7. The van der Waals surface area contributed by atoms with Crippen LogP contribution in [0.2, 0.25) is 5.02 Å². The van der Waals surface area contributed by atoms with Gasteiger partial charge >= 0.3 is 17.3 Å². The Kier molecular flexibility index (Phi) is 6.93. The lowest BCUT2D eigenvalue weighted by Gasteiger charge is -2.33. The summed E-state index contributed by atoms with van der Waals surface area (Å²) in [6.45, 7) is 0.0954. The summed E-state index contributed by atoms with van der Waals surface area (Å²) in [6, 6.07) is 15.5. The fourth-order valence-corrected chi connectivity index (χ4v) is 4.24. The smallest absolute Gasteiger partial charge is 0.335 e. The Balaban J connectivity index is 1.50. The molecule has 1 saturated carbocycles. The van der Waals surface area contributed by atoms with E-state index in [1.165, 1.54) is 16.7 Å². The SMILES string of the molecule is O=c1[nH]/c(=N\c2ccc(Oc3ccc(F)cn3)cc2)n(Cc2ccc(Cl)cc2)c(=O)n1[C@H]1C[C@H](C(=O)O)C1. The molecule has 0 amide bonds. The highest BCUT2D eigenvalue weighted by atomic mass is 35.5. The number of halogens is 2. The first kappa shape index (κ1) is 25.2. The van der Waals surface area contributed by atoms with Gasteiger partial charge in [0, 0.05) is 17.1 Å². The predicted octanol–water partition coefficient (Wildman–Crippen LogP) is 3.63. The molecule has 0 saturated heterocycles. The highest BCUT2D eigenvalue weighted by molar-refractivity contribution is 6.30. The molecule has 1 aliphatic carbocycles. The molecule has 0 spiro atoms. The van der Waals surface area contributed by atoms with Gasteiger partial charge in [0.1, 0.15) is 11.6 Å². The van der Waals surface area contributed by atoms with Crippen LogP contribution in [0.25, 0.3) is 0 Å². The van der Waals surface area contributed by atoms with Crippen LogP contribution in [0.5, 0.6) is 11.6 Å². The Bertz CT molecular complexity index is 1660. The van der Waals surface area contributed by atoms with Crippen molar-refractivity contribution in [2.75, 3.05) is 0 Å². The van der Waals surface area contributed by atoms with E-state index < -0.39 is 35.1 Å². The number of pyridine rings is 1. The van der Waals surface area contributed by atoms with Crippen molar-refractivity contribution < 1.29 is 19.0 Å². The van der Waals surface area contributed by atoms with Crippen LogP contribution in [-0.4, -0.2) is 30.2 Å². The highest BCUT2D eigenvalue weighted by Crippen LogP contribution is 2.36. The Morgan fingerprint density at radius 3 is 2.45 bits per heavy atom. The summed E-state index contributed by atoms with van der Waals surface area (Å²) in [5, 5.41) is 9.73. The summed E-state index contributed by atoms with van der Waals surface area (Å²) >= 11 is 5.99. The van der Waals surface area contributed by atoms with Gasteiger partial charge in [0.2, 0.25) is 11.5 Å². The maximum atomic E-state index is 13.5. The van der Waals surface area contributed by atoms with Crippen LogP contribution < -0.4 is 21.7 Å². The second-order valence-electron chi connectivity index (χ2n) is 8.80. The number of hydrogen-bond donors (Lipinski definition) is 2. The molecule has 0 bridgehead atoms. The number of hydrogen-bond acceptors (Lipinski definition) is 6. The van der Waals surface area contributed by atoms with Crippen molar-refractivity contribution in [3.8, 4) is 11.6 Å². The van der Waals surface area contributed by atoms with E-state index in [0.29, 0.717) is 16.5 Å². The van der Waals surface area contributed by atoms with Crippen LogP contribution in [0.1, 0.15) is 24.4 Å². The number of carboxylic acid groups (broad SMARTS) is 1. The Morgan fingerprint density at radius 2 is 1.82 bits per heavy atom. The summed E-state index contributed by atoms with van der Waals surface area (Å²) in [7, 11) is 0. The van der Waals surface area contributed by atoms with Gasteiger partial charge in [-0.2, -0.15) is 0 Å². The van der Waals surface area contributed by atoms with E-state index in [9.17, 15) is 23.9 Å². The number of benzene rings is 2. The van der Waals surface area contributed by atoms with Gasteiger partial charge in [-0.3, -0.25) is 14.3 Å². The van der Waals surface area contributed by atoms with Crippen LogP contribution in [0, 0.1) is 11.7 Å². The maximum absolute atomic E-state index is 13.5.